The number of rotatable bonds is 6. The number of aliphatic hydroxyl groups excluding tert-OH is 1. The van der Waals surface area contributed by atoms with Crippen LogP contribution in [0, 0.1) is 0 Å². The van der Waals surface area contributed by atoms with Crippen LogP contribution in [0.3, 0.4) is 0 Å². The summed E-state index contributed by atoms with van der Waals surface area (Å²) < 4.78 is 12.4. The minimum Gasteiger partial charge on any atom is -0.463 e. The second-order valence-corrected chi connectivity index (χ2v) is 6.51. The highest BCUT2D eigenvalue weighted by Crippen LogP contribution is 2.22. The molecule has 130 valence electrons. The van der Waals surface area contributed by atoms with Crippen molar-refractivity contribution in [3.8, 4) is 0 Å². The Morgan fingerprint density at radius 2 is 2.04 bits per heavy atom. The zero-order chi connectivity index (χ0) is 17.7. The van der Waals surface area contributed by atoms with Gasteiger partial charge in [-0.15, -0.1) is 0 Å². The van der Waals surface area contributed by atoms with Gasteiger partial charge in [0.2, 0.25) is 0 Å². The van der Waals surface area contributed by atoms with Crippen LogP contribution >= 0.6 is 0 Å². The van der Waals surface area contributed by atoms with E-state index in [1.165, 1.54) is 6.08 Å². The van der Waals surface area contributed by atoms with Crippen LogP contribution < -0.4 is 0 Å². The molecule has 0 aliphatic heterocycles. The zero-order valence-electron chi connectivity index (χ0n) is 14.7. The first-order chi connectivity index (χ1) is 11.3. The number of nitrogens with zero attached hydrogens (tertiary/aromatic N) is 1. The van der Waals surface area contributed by atoms with Gasteiger partial charge in [-0.3, -0.25) is 0 Å². The lowest BCUT2D eigenvalue weighted by Gasteiger charge is -2.25. The van der Waals surface area contributed by atoms with Gasteiger partial charge >= 0.3 is 5.97 Å². The zero-order valence-corrected chi connectivity index (χ0v) is 14.7. The molecule has 5 heteroatoms. The van der Waals surface area contributed by atoms with Crippen LogP contribution in [0.25, 0.3) is 17.0 Å². The Morgan fingerprint density at radius 1 is 1.33 bits per heavy atom. The smallest absolute Gasteiger partial charge is 0.330 e. The van der Waals surface area contributed by atoms with E-state index in [1.54, 1.807) is 13.0 Å². The number of aromatic nitrogens is 1. The van der Waals surface area contributed by atoms with E-state index in [2.05, 4.69) is 0 Å². The number of fused-ring (bicyclic) bond motifs is 1. The third-order valence-electron chi connectivity index (χ3n) is 3.35. The molecule has 0 saturated heterocycles. The Hall–Kier alpha value is -2.11. The lowest BCUT2D eigenvalue weighted by atomic mass is 10.2. The molecule has 0 aliphatic rings. The van der Waals surface area contributed by atoms with E-state index in [9.17, 15) is 9.90 Å². The second kappa shape index (κ2) is 7.64. The largest absolute Gasteiger partial charge is 0.463 e. The van der Waals surface area contributed by atoms with Crippen molar-refractivity contribution >= 4 is 22.9 Å². The van der Waals surface area contributed by atoms with E-state index >= 15 is 0 Å². The monoisotopic (exact) mass is 331 g/mol. The van der Waals surface area contributed by atoms with Gasteiger partial charge in [-0.25, -0.2) is 4.79 Å². The SMILES string of the molecule is CCOC(=O)/C=C/c1cc2ccccc2n1CC(O)OC(C)(C)C. The quantitative estimate of drug-likeness (QED) is 0.501. The van der Waals surface area contributed by atoms with Crippen LogP contribution in [0.1, 0.15) is 33.4 Å². The minimum absolute atomic E-state index is 0.271. The van der Waals surface area contributed by atoms with Gasteiger partial charge in [0.15, 0.2) is 6.29 Å². The topological polar surface area (TPSA) is 60.7 Å². The number of hydrogen-bond donors (Lipinski definition) is 1. The maximum atomic E-state index is 11.6. The number of ether oxygens (including phenoxy) is 2. The summed E-state index contributed by atoms with van der Waals surface area (Å²) in [6, 6.07) is 9.82. The van der Waals surface area contributed by atoms with Crippen molar-refractivity contribution in [2.45, 2.75) is 46.1 Å². The van der Waals surface area contributed by atoms with Crippen LogP contribution in [0.15, 0.2) is 36.4 Å². The van der Waals surface area contributed by atoms with E-state index in [0.717, 1.165) is 16.6 Å². The van der Waals surface area contributed by atoms with E-state index in [4.69, 9.17) is 9.47 Å². The number of hydrogen-bond acceptors (Lipinski definition) is 4. The molecular weight excluding hydrogens is 306 g/mol. The Morgan fingerprint density at radius 3 is 2.71 bits per heavy atom. The van der Waals surface area contributed by atoms with Crippen molar-refractivity contribution in [1.29, 1.82) is 0 Å². The Kier molecular flexibility index (Phi) is 5.80. The van der Waals surface area contributed by atoms with Gasteiger partial charge in [0.05, 0.1) is 18.8 Å². The molecule has 5 nitrogen and oxygen atoms in total. The first kappa shape index (κ1) is 18.2. The molecule has 1 atom stereocenters. The lowest BCUT2D eigenvalue weighted by molar-refractivity contribution is -0.171. The van der Waals surface area contributed by atoms with Crippen molar-refractivity contribution in [2.24, 2.45) is 0 Å². The number of aliphatic hydroxyl groups is 1. The van der Waals surface area contributed by atoms with Crippen molar-refractivity contribution in [3.63, 3.8) is 0 Å². The van der Waals surface area contributed by atoms with Gasteiger partial charge in [0.25, 0.3) is 0 Å². The minimum atomic E-state index is -0.949. The molecule has 2 aromatic rings. The molecule has 0 spiro atoms. The average molecular weight is 331 g/mol. The van der Waals surface area contributed by atoms with Crippen LogP contribution in [0.5, 0.6) is 0 Å². The molecule has 0 saturated carbocycles. The molecule has 1 aromatic heterocycles. The summed E-state index contributed by atoms with van der Waals surface area (Å²) in [5.74, 6) is -0.388. The van der Waals surface area contributed by atoms with Crippen molar-refractivity contribution in [3.05, 3.63) is 42.1 Å². The molecule has 0 aliphatic carbocycles. The molecule has 1 N–H and O–H groups in total. The summed E-state index contributed by atoms with van der Waals surface area (Å²) in [6.45, 7) is 8.06. The normalized spacial score (nSPS) is 13.5. The highest BCUT2D eigenvalue weighted by molar-refractivity contribution is 5.89. The number of benzene rings is 1. The maximum absolute atomic E-state index is 11.6. The Bertz CT molecular complexity index is 725. The molecule has 1 heterocycles. The Balaban J connectivity index is 2.31. The second-order valence-electron chi connectivity index (χ2n) is 6.51. The highest BCUT2D eigenvalue weighted by atomic mass is 16.6. The van der Waals surface area contributed by atoms with Gasteiger partial charge in [0.1, 0.15) is 0 Å². The fraction of sp³-hybridized carbons (Fsp3) is 0.421. The van der Waals surface area contributed by atoms with Crippen molar-refractivity contribution < 1.29 is 19.4 Å². The van der Waals surface area contributed by atoms with Crippen LogP contribution in [0.2, 0.25) is 0 Å². The van der Waals surface area contributed by atoms with Gasteiger partial charge in [-0.05, 0) is 45.9 Å². The summed E-state index contributed by atoms with van der Waals surface area (Å²) in [5.41, 5.74) is 1.34. The number of carbonyl (C=O) groups excluding carboxylic acids is 1. The van der Waals surface area contributed by atoms with E-state index in [1.807, 2.05) is 55.7 Å². The van der Waals surface area contributed by atoms with Crippen molar-refractivity contribution in [1.82, 2.24) is 4.57 Å². The summed E-state index contributed by atoms with van der Waals surface area (Å²) >= 11 is 0. The van der Waals surface area contributed by atoms with E-state index in [-0.39, 0.29) is 12.5 Å². The predicted octanol–water partition coefficient (Wildman–Crippen LogP) is 3.35. The summed E-state index contributed by atoms with van der Waals surface area (Å²) in [5, 5.41) is 11.3. The molecule has 2 rings (SSSR count). The van der Waals surface area contributed by atoms with Gasteiger partial charge in [0, 0.05) is 22.7 Å². The molecule has 0 radical (unpaired) electrons. The lowest BCUT2D eigenvalue weighted by Crippen LogP contribution is -2.30. The molecule has 1 aromatic carbocycles. The molecule has 0 fully saturated rings. The van der Waals surface area contributed by atoms with E-state index < -0.39 is 11.9 Å². The third kappa shape index (κ3) is 4.94. The predicted molar refractivity (Wildman–Crippen MR) is 94.4 cm³/mol. The molecule has 1 unspecified atom stereocenters. The molecule has 0 bridgehead atoms. The third-order valence-corrected chi connectivity index (χ3v) is 3.35. The summed E-state index contributed by atoms with van der Waals surface area (Å²) in [4.78, 5) is 11.6. The highest BCUT2D eigenvalue weighted by Gasteiger charge is 2.18. The van der Waals surface area contributed by atoms with Gasteiger partial charge in [-0.1, -0.05) is 18.2 Å². The van der Waals surface area contributed by atoms with Crippen molar-refractivity contribution in [2.75, 3.05) is 6.61 Å². The molecular formula is C19H25NO4. The van der Waals surface area contributed by atoms with E-state index in [0.29, 0.717) is 6.61 Å². The van der Waals surface area contributed by atoms with Gasteiger partial charge < -0.3 is 19.1 Å². The molecule has 24 heavy (non-hydrogen) atoms. The maximum Gasteiger partial charge on any atom is 0.330 e. The summed E-state index contributed by atoms with van der Waals surface area (Å²) in [6.07, 6.45) is 2.14. The Labute approximate surface area is 142 Å². The molecule has 0 amide bonds. The first-order valence-corrected chi connectivity index (χ1v) is 8.09. The van der Waals surface area contributed by atoms with Crippen LogP contribution in [0.4, 0.5) is 0 Å². The van der Waals surface area contributed by atoms with Gasteiger partial charge in [-0.2, -0.15) is 0 Å². The average Bonchev–Trinajstić information content (AvgIpc) is 2.82. The standard InChI is InChI=1S/C19H25NO4/c1-5-23-17(21)11-10-15-12-14-8-6-7-9-16(14)20(15)13-18(22)24-19(2,3)4/h6-12,18,22H,5,13H2,1-4H3/b11-10+. The summed E-state index contributed by atoms with van der Waals surface area (Å²) in [7, 11) is 0. The number of para-hydroxylation sites is 1. The first-order valence-electron chi connectivity index (χ1n) is 8.09. The fourth-order valence-electron chi connectivity index (χ4n) is 2.52. The van der Waals surface area contributed by atoms with Crippen LogP contribution in [-0.4, -0.2) is 34.1 Å². The number of carbonyl (C=O) groups is 1. The number of esters is 1. The van der Waals surface area contributed by atoms with Crippen LogP contribution in [-0.2, 0) is 20.8 Å². The fourth-order valence-corrected chi connectivity index (χ4v) is 2.52.